The maximum Gasteiger partial charge on any atom is 0.416 e. The molecule has 0 aliphatic heterocycles. The first-order chi connectivity index (χ1) is 13.3. The van der Waals surface area contributed by atoms with Gasteiger partial charge in [0, 0.05) is 23.4 Å². The van der Waals surface area contributed by atoms with Crippen molar-refractivity contribution in [2.24, 2.45) is 5.92 Å². The second-order valence-corrected chi connectivity index (χ2v) is 7.01. The van der Waals surface area contributed by atoms with Crippen molar-refractivity contribution >= 4 is 23.2 Å². The highest BCUT2D eigenvalue weighted by Gasteiger charge is 2.30. The number of amides is 2. The smallest absolute Gasteiger partial charge is 0.326 e. The molecule has 2 amide bonds. The molecule has 1 aliphatic carbocycles. The molecule has 0 saturated heterocycles. The fourth-order valence-corrected chi connectivity index (χ4v) is 3.37. The van der Waals surface area contributed by atoms with Crippen LogP contribution in [0.4, 0.5) is 24.5 Å². The Morgan fingerprint density at radius 1 is 0.929 bits per heavy atom. The first-order valence-electron chi connectivity index (χ1n) is 9.20. The number of nitrogens with one attached hydrogen (secondary N) is 2. The largest absolute Gasteiger partial charge is 0.416 e. The summed E-state index contributed by atoms with van der Waals surface area (Å²) in [6.07, 6.45) is 0.544. The van der Waals surface area contributed by atoms with Crippen LogP contribution in [0.3, 0.4) is 0 Å². The maximum atomic E-state index is 12.8. The van der Waals surface area contributed by atoms with Gasteiger partial charge in [0.1, 0.15) is 0 Å². The lowest BCUT2D eigenvalue weighted by Crippen LogP contribution is -2.16. The summed E-state index contributed by atoms with van der Waals surface area (Å²) in [5, 5.41) is 5.27. The van der Waals surface area contributed by atoms with Crippen LogP contribution in [-0.4, -0.2) is 11.8 Å². The molecule has 148 valence electrons. The highest BCUT2D eigenvalue weighted by atomic mass is 19.4. The molecular weight excluding hydrogens is 369 g/mol. The van der Waals surface area contributed by atoms with Crippen LogP contribution in [0.2, 0.25) is 0 Å². The van der Waals surface area contributed by atoms with Crippen molar-refractivity contribution in [2.75, 3.05) is 10.6 Å². The van der Waals surface area contributed by atoms with Gasteiger partial charge in [-0.05, 0) is 61.2 Å². The Bertz CT molecular complexity index is 841. The molecule has 1 saturated carbocycles. The summed E-state index contributed by atoms with van der Waals surface area (Å²) in [6.45, 7) is 0. The van der Waals surface area contributed by atoms with Gasteiger partial charge in [-0.25, -0.2) is 0 Å². The number of hydrogen-bond acceptors (Lipinski definition) is 2. The molecule has 2 aromatic carbocycles. The lowest BCUT2D eigenvalue weighted by molar-refractivity contribution is -0.137. The summed E-state index contributed by atoms with van der Waals surface area (Å²) in [6, 6.07) is 10.7. The molecule has 0 atom stereocenters. The van der Waals surface area contributed by atoms with Crippen LogP contribution in [0.5, 0.6) is 0 Å². The molecule has 4 nitrogen and oxygen atoms in total. The second kappa shape index (κ2) is 8.46. The van der Waals surface area contributed by atoms with Crippen LogP contribution in [0.15, 0.2) is 48.5 Å². The van der Waals surface area contributed by atoms with Crippen LogP contribution in [0, 0.1) is 5.92 Å². The molecule has 0 radical (unpaired) electrons. The number of benzene rings is 2. The Morgan fingerprint density at radius 3 is 2.25 bits per heavy atom. The molecule has 0 heterocycles. The van der Waals surface area contributed by atoms with Crippen molar-refractivity contribution in [3.05, 3.63) is 59.7 Å². The van der Waals surface area contributed by atoms with Gasteiger partial charge in [-0.2, -0.15) is 13.2 Å². The van der Waals surface area contributed by atoms with Gasteiger partial charge in [0.2, 0.25) is 5.91 Å². The molecule has 1 fully saturated rings. The molecule has 28 heavy (non-hydrogen) atoms. The van der Waals surface area contributed by atoms with Gasteiger partial charge in [0.05, 0.1) is 5.56 Å². The molecule has 2 N–H and O–H groups in total. The zero-order chi connectivity index (χ0) is 20.1. The summed E-state index contributed by atoms with van der Waals surface area (Å²) < 4.78 is 38.3. The number of carbonyl (C=O) groups excluding carboxylic acids is 2. The van der Waals surface area contributed by atoms with E-state index >= 15 is 0 Å². The van der Waals surface area contributed by atoms with Gasteiger partial charge in [-0.1, -0.05) is 18.9 Å². The van der Waals surface area contributed by atoms with Crippen LogP contribution in [0.1, 0.15) is 48.0 Å². The number of carbonyl (C=O) groups is 2. The van der Waals surface area contributed by atoms with E-state index in [1.165, 1.54) is 37.1 Å². The van der Waals surface area contributed by atoms with E-state index in [4.69, 9.17) is 0 Å². The van der Waals surface area contributed by atoms with Crippen LogP contribution >= 0.6 is 0 Å². The van der Waals surface area contributed by atoms with Crippen LogP contribution in [-0.2, 0) is 11.0 Å². The molecule has 1 aliphatic rings. The first kappa shape index (κ1) is 19.9. The standard InChI is InChI=1S/C21H21F3N2O2/c22-21(23,24)16-6-3-7-18(13-16)26-20(28)15-8-10-17(11-9-15)25-19(27)12-14-4-1-2-5-14/h3,6-11,13-14H,1-2,4-5,12H2,(H,25,27)(H,26,28). The minimum absolute atomic E-state index is 0.0481. The Kier molecular flexibility index (Phi) is 6.02. The number of anilines is 2. The highest BCUT2D eigenvalue weighted by Crippen LogP contribution is 2.31. The highest BCUT2D eigenvalue weighted by molar-refractivity contribution is 6.04. The third-order valence-corrected chi connectivity index (χ3v) is 4.83. The van der Waals surface area contributed by atoms with Crippen molar-refractivity contribution in [1.82, 2.24) is 0 Å². The third kappa shape index (κ3) is 5.34. The zero-order valence-electron chi connectivity index (χ0n) is 15.2. The lowest BCUT2D eigenvalue weighted by atomic mass is 10.0. The molecule has 0 spiro atoms. The molecular formula is C21H21F3N2O2. The Labute approximate surface area is 161 Å². The van der Waals surface area contributed by atoms with Gasteiger partial charge >= 0.3 is 6.18 Å². The van der Waals surface area contributed by atoms with E-state index < -0.39 is 17.6 Å². The molecule has 0 unspecified atom stereocenters. The van der Waals surface area contributed by atoms with E-state index in [0.29, 0.717) is 18.0 Å². The predicted molar refractivity (Wildman–Crippen MR) is 101 cm³/mol. The van der Waals surface area contributed by atoms with Crippen molar-refractivity contribution < 1.29 is 22.8 Å². The van der Waals surface area contributed by atoms with Crippen LogP contribution in [0.25, 0.3) is 0 Å². The molecule has 2 aromatic rings. The van der Waals surface area contributed by atoms with E-state index in [1.54, 1.807) is 12.1 Å². The quantitative estimate of drug-likeness (QED) is 0.711. The van der Waals surface area contributed by atoms with Crippen molar-refractivity contribution in [2.45, 2.75) is 38.3 Å². The van der Waals surface area contributed by atoms with Crippen molar-refractivity contribution in [3.8, 4) is 0 Å². The van der Waals surface area contributed by atoms with E-state index in [9.17, 15) is 22.8 Å². The minimum Gasteiger partial charge on any atom is -0.326 e. The van der Waals surface area contributed by atoms with E-state index in [0.717, 1.165) is 25.0 Å². The van der Waals surface area contributed by atoms with Gasteiger partial charge in [-0.15, -0.1) is 0 Å². The average molecular weight is 390 g/mol. The molecule has 3 rings (SSSR count). The zero-order valence-corrected chi connectivity index (χ0v) is 15.2. The molecule has 7 heteroatoms. The summed E-state index contributed by atoms with van der Waals surface area (Å²) >= 11 is 0. The van der Waals surface area contributed by atoms with E-state index in [2.05, 4.69) is 10.6 Å². The number of rotatable bonds is 5. The number of hydrogen-bond donors (Lipinski definition) is 2. The molecule has 0 bridgehead atoms. The Hall–Kier alpha value is -2.83. The van der Waals surface area contributed by atoms with Crippen molar-refractivity contribution in [1.29, 1.82) is 0 Å². The fourth-order valence-electron chi connectivity index (χ4n) is 3.37. The van der Waals surface area contributed by atoms with Crippen molar-refractivity contribution in [3.63, 3.8) is 0 Å². The fraction of sp³-hybridized carbons (Fsp3) is 0.333. The third-order valence-electron chi connectivity index (χ3n) is 4.83. The van der Waals surface area contributed by atoms with E-state index in [1.807, 2.05) is 0 Å². The van der Waals surface area contributed by atoms with Gasteiger partial charge < -0.3 is 10.6 Å². The lowest BCUT2D eigenvalue weighted by Gasteiger charge is -2.11. The summed E-state index contributed by atoms with van der Waals surface area (Å²) in [5.74, 6) is -0.131. The number of halogens is 3. The minimum atomic E-state index is -4.47. The number of alkyl halides is 3. The van der Waals surface area contributed by atoms with Gasteiger partial charge in [0.15, 0.2) is 0 Å². The Morgan fingerprint density at radius 2 is 1.61 bits per heavy atom. The summed E-state index contributed by atoms with van der Waals surface area (Å²) in [4.78, 5) is 24.3. The topological polar surface area (TPSA) is 58.2 Å². The van der Waals surface area contributed by atoms with Crippen LogP contribution < -0.4 is 10.6 Å². The normalized spacial score (nSPS) is 14.7. The predicted octanol–water partition coefficient (Wildman–Crippen LogP) is 5.48. The van der Waals surface area contributed by atoms with Gasteiger partial charge in [-0.3, -0.25) is 9.59 Å². The van der Waals surface area contributed by atoms with E-state index in [-0.39, 0.29) is 17.2 Å². The first-order valence-corrected chi connectivity index (χ1v) is 9.20. The summed E-state index contributed by atoms with van der Waals surface area (Å²) in [7, 11) is 0. The van der Waals surface area contributed by atoms with Gasteiger partial charge in [0.25, 0.3) is 5.91 Å². The monoisotopic (exact) mass is 390 g/mol. The maximum absolute atomic E-state index is 12.8. The average Bonchev–Trinajstić information content (AvgIpc) is 3.14. The Balaban J connectivity index is 1.58. The second-order valence-electron chi connectivity index (χ2n) is 7.01. The SMILES string of the molecule is O=C(CC1CCCC1)Nc1ccc(C(=O)Nc2cccc(C(F)(F)F)c2)cc1. The summed E-state index contributed by atoms with van der Waals surface area (Å²) in [5.41, 5.74) is 0.101. The molecule has 0 aromatic heterocycles.